The van der Waals surface area contributed by atoms with Gasteiger partial charge in [-0.05, 0) is 26.0 Å². The lowest BCUT2D eigenvalue weighted by atomic mass is 10.2. The number of nitrogens with zero attached hydrogens (tertiary/aromatic N) is 3. The van der Waals surface area contributed by atoms with E-state index in [1.54, 1.807) is 6.92 Å². The fourth-order valence-electron chi connectivity index (χ4n) is 1.37. The number of hydrogen-bond donors (Lipinski definition) is 0. The summed E-state index contributed by atoms with van der Waals surface area (Å²) in [6, 6.07) is 1.49. The van der Waals surface area contributed by atoms with Gasteiger partial charge in [-0.15, -0.1) is 0 Å². The van der Waals surface area contributed by atoms with Crippen LogP contribution < -0.4 is 5.01 Å². The van der Waals surface area contributed by atoms with Gasteiger partial charge in [0, 0.05) is 7.05 Å². The fraction of sp³-hybridized carbons (Fsp3) is 0.417. The minimum absolute atomic E-state index is 0.0188. The van der Waals surface area contributed by atoms with Gasteiger partial charge in [0.1, 0.15) is 10.9 Å². The van der Waals surface area contributed by atoms with Crippen LogP contribution in [0.15, 0.2) is 17.2 Å². The third-order valence-corrected chi connectivity index (χ3v) is 2.50. The largest absolute Gasteiger partial charge is 0.461 e. The summed E-state index contributed by atoms with van der Waals surface area (Å²) in [5.41, 5.74) is -0.969. The van der Waals surface area contributed by atoms with Gasteiger partial charge in [0.25, 0.3) is 0 Å². The molecule has 0 fully saturated rings. The molecule has 5 nitrogen and oxygen atoms in total. The number of aromatic nitrogens is 1. The second-order valence-corrected chi connectivity index (χ2v) is 4.35. The number of pyridine rings is 1. The summed E-state index contributed by atoms with van der Waals surface area (Å²) in [6.07, 6.45) is -4.55. The molecule has 0 aromatic carbocycles. The van der Waals surface area contributed by atoms with Crippen molar-refractivity contribution in [3.8, 4) is 0 Å². The summed E-state index contributed by atoms with van der Waals surface area (Å²) < 4.78 is 42.8. The van der Waals surface area contributed by atoms with E-state index in [0.29, 0.717) is 6.07 Å². The SMILES string of the molecule is CCOC(=O)C(C)=NN(C)c1cc(C(F)(F)F)cc(Cl)n1. The normalized spacial score (nSPS) is 12.2. The van der Waals surface area contributed by atoms with Crippen LogP contribution in [0.2, 0.25) is 5.15 Å². The standard InChI is InChI=1S/C12H13ClF3N3O2/c1-4-21-11(20)7(2)18-19(3)10-6-8(12(14,15)16)5-9(13)17-10/h5-6H,4H2,1-3H3. The Hall–Kier alpha value is -1.83. The molecule has 0 radical (unpaired) electrons. The number of halogens is 4. The predicted octanol–water partition coefficient (Wildman–Crippen LogP) is 3.13. The molecule has 0 saturated carbocycles. The molecule has 0 amide bonds. The maximum Gasteiger partial charge on any atom is 0.416 e. The van der Waals surface area contributed by atoms with Gasteiger partial charge in [0.05, 0.1) is 12.2 Å². The lowest BCUT2D eigenvalue weighted by Gasteiger charge is -2.15. The zero-order valence-corrected chi connectivity index (χ0v) is 12.3. The minimum atomic E-state index is -4.55. The number of hydrogen-bond acceptors (Lipinski definition) is 5. The first-order chi connectivity index (χ1) is 9.65. The monoisotopic (exact) mass is 323 g/mol. The quantitative estimate of drug-likeness (QED) is 0.370. The van der Waals surface area contributed by atoms with Crippen molar-refractivity contribution in [2.45, 2.75) is 20.0 Å². The second-order valence-electron chi connectivity index (χ2n) is 3.96. The Morgan fingerprint density at radius 1 is 1.48 bits per heavy atom. The average Bonchev–Trinajstić information content (AvgIpc) is 2.37. The summed E-state index contributed by atoms with van der Waals surface area (Å²) in [5, 5.41) is 4.51. The molecule has 0 saturated heterocycles. The molecule has 1 heterocycles. The second kappa shape index (κ2) is 6.75. The molecule has 0 spiro atoms. The lowest BCUT2D eigenvalue weighted by molar-refractivity contribution is -0.137. The Kier molecular flexibility index (Phi) is 5.54. The van der Waals surface area contributed by atoms with Crippen molar-refractivity contribution in [1.82, 2.24) is 4.98 Å². The molecular weight excluding hydrogens is 311 g/mol. The molecule has 9 heteroatoms. The molecule has 0 N–H and O–H groups in total. The van der Waals surface area contributed by atoms with Crippen LogP contribution in [0.3, 0.4) is 0 Å². The van der Waals surface area contributed by atoms with Gasteiger partial charge in [-0.3, -0.25) is 5.01 Å². The van der Waals surface area contributed by atoms with E-state index in [1.807, 2.05) is 0 Å². The zero-order valence-electron chi connectivity index (χ0n) is 11.5. The predicted molar refractivity (Wildman–Crippen MR) is 72.4 cm³/mol. The number of hydrazone groups is 1. The van der Waals surface area contributed by atoms with E-state index in [0.717, 1.165) is 11.1 Å². The van der Waals surface area contributed by atoms with Gasteiger partial charge in [0.15, 0.2) is 5.82 Å². The Labute approximate surface area is 124 Å². The Bertz CT molecular complexity index is 561. The molecule has 1 aromatic heterocycles. The number of anilines is 1. The lowest BCUT2D eigenvalue weighted by Crippen LogP contribution is -2.21. The van der Waals surface area contributed by atoms with Crippen molar-refractivity contribution in [3.63, 3.8) is 0 Å². The van der Waals surface area contributed by atoms with E-state index in [4.69, 9.17) is 16.3 Å². The number of alkyl halides is 3. The smallest absolute Gasteiger partial charge is 0.416 e. The number of carbonyl (C=O) groups excluding carboxylic acids is 1. The molecule has 0 atom stereocenters. The van der Waals surface area contributed by atoms with Crippen molar-refractivity contribution in [1.29, 1.82) is 0 Å². The van der Waals surface area contributed by atoms with E-state index in [1.165, 1.54) is 14.0 Å². The zero-order chi connectivity index (χ0) is 16.2. The fourth-order valence-corrected chi connectivity index (χ4v) is 1.57. The van der Waals surface area contributed by atoms with E-state index >= 15 is 0 Å². The van der Waals surface area contributed by atoms with Crippen molar-refractivity contribution in [2.75, 3.05) is 18.7 Å². The van der Waals surface area contributed by atoms with Gasteiger partial charge in [-0.1, -0.05) is 11.6 Å². The molecule has 1 rings (SSSR count). The summed E-state index contributed by atoms with van der Waals surface area (Å²) >= 11 is 5.57. The maximum atomic E-state index is 12.7. The Balaban J connectivity index is 3.08. The molecule has 0 aliphatic carbocycles. The van der Waals surface area contributed by atoms with E-state index in [-0.39, 0.29) is 23.3 Å². The van der Waals surface area contributed by atoms with Crippen molar-refractivity contribution in [3.05, 3.63) is 22.8 Å². The van der Waals surface area contributed by atoms with Crippen LogP contribution in [0, 0.1) is 0 Å². The van der Waals surface area contributed by atoms with Crippen LogP contribution in [-0.2, 0) is 15.7 Å². The number of ether oxygens (including phenoxy) is 1. The van der Waals surface area contributed by atoms with Gasteiger partial charge >= 0.3 is 12.1 Å². The minimum Gasteiger partial charge on any atom is -0.461 e. The van der Waals surface area contributed by atoms with Crippen molar-refractivity contribution < 1.29 is 22.7 Å². The molecule has 116 valence electrons. The first-order valence-electron chi connectivity index (χ1n) is 5.86. The Morgan fingerprint density at radius 2 is 2.10 bits per heavy atom. The van der Waals surface area contributed by atoms with Crippen LogP contribution in [0.1, 0.15) is 19.4 Å². The van der Waals surface area contributed by atoms with Crippen LogP contribution in [0.5, 0.6) is 0 Å². The summed E-state index contributed by atoms with van der Waals surface area (Å²) in [4.78, 5) is 15.1. The van der Waals surface area contributed by atoms with E-state index < -0.39 is 17.7 Å². The first kappa shape index (κ1) is 17.2. The Morgan fingerprint density at radius 3 is 2.62 bits per heavy atom. The molecule has 0 bridgehead atoms. The number of esters is 1. The maximum absolute atomic E-state index is 12.7. The third-order valence-electron chi connectivity index (χ3n) is 2.31. The highest BCUT2D eigenvalue weighted by atomic mass is 35.5. The van der Waals surface area contributed by atoms with Gasteiger partial charge in [-0.2, -0.15) is 18.3 Å². The van der Waals surface area contributed by atoms with Crippen molar-refractivity contribution in [2.24, 2.45) is 5.10 Å². The highest BCUT2D eigenvalue weighted by Crippen LogP contribution is 2.32. The van der Waals surface area contributed by atoms with Crippen LogP contribution in [0.4, 0.5) is 19.0 Å². The van der Waals surface area contributed by atoms with Crippen LogP contribution in [-0.4, -0.2) is 30.3 Å². The highest BCUT2D eigenvalue weighted by molar-refractivity contribution is 6.35. The summed E-state index contributed by atoms with van der Waals surface area (Å²) in [6.45, 7) is 3.18. The van der Waals surface area contributed by atoms with Gasteiger partial charge < -0.3 is 4.74 Å². The summed E-state index contributed by atoms with van der Waals surface area (Å²) in [5.74, 6) is -0.805. The first-order valence-corrected chi connectivity index (χ1v) is 6.23. The third kappa shape index (κ3) is 4.89. The molecule has 21 heavy (non-hydrogen) atoms. The number of carbonyl (C=O) groups is 1. The highest BCUT2D eigenvalue weighted by Gasteiger charge is 2.32. The topological polar surface area (TPSA) is 54.8 Å². The number of rotatable bonds is 4. The summed E-state index contributed by atoms with van der Waals surface area (Å²) in [7, 11) is 1.35. The van der Waals surface area contributed by atoms with Gasteiger partial charge in [0.2, 0.25) is 0 Å². The molecule has 0 unspecified atom stereocenters. The average molecular weight is 324 g/mol. The molecule has 0 aliphatic rings. The molecular formula is C12H13ClF3N3O2. The molecule has 1 aromatic rings. The van der Waals surface area contributed by atoms with E-state index in [2.05, 4.69) is 10.1 Å². The molecule has 0 aliphatic heterocycles. The van der Waals surface area contributed by atoms with Gasteiger partial charge in [-0.25, -0.2) is 9.78 Å². The van der Waals surface area contributed by atoms with Crippen LogP contribution >= 0.6 is 11.6 Å². The van der Waals surface area contributed by atoms with Crippen molar-refractivity contribution >= 4 is 29.1 Å². The van der Waals surface area contributed by atoms with Crippen LogP contribution in [0.25, 0.3) is 0 Å². The van der Waals surface area contributed by atoms with E-state index in [9.17, 15) is 18.0 Å².